The van der Waals surface area contributed by atoms with Gasteiger partial charge in [0.15, 0.2) is 0 Å². The SMILES string of the molecule is Cn1cc(CCn2[nH]nnc2=S)cn1. The molecule has 0 saturated heterocycles. The summed E-state index contributed by atoms with van der Waals surface area (Å²) < 4.78 is 3.98. The fourth-order valence-electron chi connectivity index (χ4n) is 1.20. The standard InChI is InChI=1S/C7H10N6S/c1-12-5-6(4-8-12)2-3-13-7(14)9-10-11-13/h4-5H,2-3H2,1H3,(H,9,11,14). The van der Waals surface area contributed by atoms with Gasteiger partial charge in [-0.3, -0.25) is 4.68 Å². The Kier molecular flexibility index (Phi) is 2.40. The van der Waals surface area contributed by atoms with Crippen molar-refractivity contribution in [3.8, 4) is 0 Å². The molecule has 1 N–H and O–H groups in total. The highest BCUT2D eigenvalue weighted by Crippen LogP contribution is 1.99. The number of nitrogens with one attached hydrogen (secondary N) is 1. The summed E-state index contributed by atoms with van der Waals surface area (Å²) in [6, 6.07) is 0. The van der Waals surface area contributed by atoms with Gasteiger partial charge < -0.3 is 0 Å². The Morgan fingerprint density at radius 1 is 1.57 bits per heavy atom. The van der Waals surface area contributed by atoms with Crippen LogP contribution in [-0.4, -0.2) is 30.0 Å². The average Bonchev–Trinajstić information content (AvgIpc) is 2.72. The van der Waals surface area contributed by atoms with Crippen LogP contribution in [0.15, 0.2) is 12.4 Å². The molecule has 0 bridgehead atoms. The van der Waals surface area contributed by atoms with E-state index in [-0.39, 0.29) is 0 Å². The van der Waals surface area contributed by atoms with Crippen LogP contribution in [0.5, 0.6) is 0 Å². The lowest BCUT2D eigenvalue weighted by Crippen LogP contribution is -2.03. The van der Waals surface area contributed by atoms with Gasteiger partial charge in [-0.1, -0.05) is 10.3 Å². The van der Waals surface area contributed by atoms with E-state index in [1.165, 1.54) is 5.56 Å². The number of rotatable bonds is 3. The number of hydrogen-bond donors (Lipinski definition) is 1. The molecule has 2 heterocycles. The van der Waals surface area contributed by atoms with Gasteiger partial charge in [0, 0.05) is 19.8 Å². The summed E-state index contributed by atoms with van der Waals surface area (Å²) >= 11 is 4.94. The van der Waals surface area contributed by atoms with Crippen LogP contribution in [0.25, 0.3) is 0 Å². The Morgan fingerprint density at radius 3 is 3.00 bits per heavy atom. The fraction of sp³-hybridized carbons (Fsp3) is 0.429. The third kappa shape index (κ3) is 1.87. The first-order chi connectivity index (χ1) is 6.75. The Labute approximate surface area is 85.5 Å². The maximum atomic E-state index is 4.94. The minimum atomic E-state index is 0.480. The van der Waals surface area contributed by atoms with E-state index in [0.717, 1.165) is 13.0 Å². The summed E-state index contributed by atoms with van der Waals surface area (Å²) in [6.07, 6.45) is 4.69. The van der Waals surface area contributed by atoms with Gasteiger partial charge in [-0.25, -0.2) is 4.68 Å². The molecule has 0 aliphatic carbocycles. The fourth-order valence-corrected chi connectivity index (χ4v) is 1.38. The average molecular weight is 210 g/mol. The van der Waals surface area contributed by atoms with Crippen molar-refractivity contribution in [3.63, 3.8) is 0 Å². The van der Waals surface area contributed by atoms with Gasteiger partial charge in [0.2, 0.25) is 4.77 Å². The number of nitrogens with zero attached hydrogens (tertiary/aromatic N) is 5. The Balaban J connectivity index is 2.01. The van der Waals surface area contributed by atoms with E-state index >= 15 is 0 Å². The smallest absolute Gasteiger partial charge is 0.238 e. The number of aromatic nitrogens is 6. The van der Waals surface area contributed by atoms with Crippen LogP contribution in [0.3, 0.4) is 0 Å². The molecule has 0 spiro atoms. The lowest BCUT2D eigenvalue weighted by Gasteiger charge is -1.97. The minimum Gasteiger partial charge on any atom is -0.276 e. The second-order valence-electron chi connectivity index (χ2n) is 3.01. The third-order valence-corrected chi connectivity index (χ3v) is 2.22. The largest absolute Gasteiger partial charge is 0.276 e. The molecule has 7 heteroatoms. The molecule has 0 radical (unpaired) electrons. The van der Waals surface area contributed by atoms with Crippen molar-refractivity contribution in [3.05, 3.63) is 22.7 Å². The number of aryl methyl sites for hydroxylation is 3. The van der Waals surface area contributed by atoms with Gasteiger partial charge in [0.05, 0.1) is 6.20 Å². The van der Waals surface area contributed by atoms with Gasteiger partial charge in [-0.15, -0.1) is 0 Å². The molecule has 0 aliphatic rings. The van der Waals surface area contributed by atoms with Gasteiger partial charge in [0.25, 0.3) is 0 Å². The van der Waals surface area contributed by atoms with Gasteiger partial charge in [-0.05, 0) is 24.2 Å². The molecule has 6 nitrogen and oxygen atoms in total. The molecular formula is C7H10N6S. The molecule has 0 saturated carbocycles. The number of tetrazole rings is 1. The monoisotopic (exact) mass is 210 g/mol. The van der Waals surface area contributed by atoms with Gasteiger partial charge >= 0.3 is 0 Å². The van der Waals surface area contributed by atoms with Crippen LogP contribution in [0.2, 0.25) is 0 Å². The van der Waals surface area contributed by atoms with Gasteiger partial charge in [0.1, 0.15) is 0 Å². The van der Waals surface area contributed by atoms with Crippen molar-refractivity contribution in [2.45, 2.75) is 13.0 Å². The summed E-state index contributed by atoms with van der Waals surface area (Å²) in [6.45, 7) is 0.748. The predicted molar refractivity (Wildman–Crippen MR) is 52.1 cm³/mol. The summed E-state index contributed by atoms with van der Waals surface area (Å²) in [5.74, 6) is 0. The van der Waals surface area contributed by atoms with Crippen LogP contribution in [-0.2, 0) is 20.0 Å². The first-order valence-electron chi connectivity index (χ1n) is 4.21. The van der Waals surface area contributed by atoms with Gasteiger partial charge in [-0.2, -0.15) is 10.3 Å². The van der Waals surface area contributed by atoms with Crippen LogP contribution in [0.4, 0.5) is 0 Å². The van der Waals surface area contributed by atoms with Crippen LogP contribution >= 0.6 is 12.2 Å². The number of H-pyrrole nitrogens is 1. The molecule has 2 aromatic heterocycles. The normalized spacial score (nSPS) is 10.6. The highest BCUT2D eigenvalue weighted by molar-refractivity contribution is 7.71. The molecule has 0 aliphatic heterocycles. The molecule has 2 aromatic rings. The Hall–Kier alpha value is -1.50. The predicted octanol–water partition coefficient (Wildman–Crippen LogP) is 0.312. The van der Waals surface area contributed by atoms with Crippen LogP contribution in [0, 0.1) is 4.77 Å². The topological polar surface area (TPSA) is 64.3 Å². The molecule has 14 heavy (non-hydrogen) atoms. The highest BCUT2D eigenvalue weighted by Gasteiger charge is 1.98. The Bertz CT molecular complexity index is 466. The van der Waals surface area contributed by atoms with E-state index in [9.17, 15) is 0 Å². The van der Waals surface area contributed by atoms with E-state index < -0.39 is 0 Å². The summed E-state index contributed by atoms with van der Waals surface area (Å²) in [5, 5.41) is 14.1. The molecular weight excluding hydrogens is 200 g/mol. The van der Waals surface area contributed by atoms with E-state index in [0.29, 0.717) is 4.77 Å². The second-order valence-corrected chi connectivity index (χ2v) is 3.37. The van der Waals surface area contributed by atoms with Crippen molar-refractivity contribution in [2.75, 3.05) is 0 Å². The van der Waals surface area contributed by atoms with E-state index in [2.05, 4.69) is 20.6 Å². The Morgan fingerprint density at radius 2 is 2.43 bits per heavy atom. The van der Waals surface area contributed by atoms with Crippen molar-refractivity contribution in [1.29, 1.82) is 0 Å². The summed E-state index contributed by atoms with van der Waals surface area (Å²) in [7, 11) is 1.90. The van der Waals surface area contributed by atoms with Crippen molar-refractivity contribution >= 4 is 12.2 Å². The third-order valence-electron chi connectivity index (χ3n) is 1.91. The quantitative estimate of drug-likeness (QED) is 0.741. The molecule has 0 amide bonds. The lowest BCUT2D eigenvalue weighted by molar-refractivity contribution is 0.583. The van der Waals surface area contributed by atoms with Crippen molar-refractivity contribution in [2.24, 2.45) is 7.05 Å². The molecule has 0 aromatic carbocycles. The summed E-state index contributed by atoms with van der Waals surface area (Å²) in [4.78, 5) is 0. The molecule has 0 fully saturated rings. The highest BCUT2D eigenvalue weighted by atomic mass is 32.1. The lowest BCUT2D eigenvalue weighted by atomic mass is 10.2. The molecule has 0 atom stereocenters. The first-order valence-corrected chi connectivity index (χ1v) is 4.62. The van der Waals surface area contributed by atoms with E-state index in [1.54, 1.807) is 9.36 Å². The van der Waals surface area contributed by atoms with E-state index in [4.69, 9.17) is 12.2 Å². The molecule has 74 valence electrons. The summed E-state index contributed by atoms with van der Waals surface area (Å²) in [5.41, 5.74) is 1.17. The number of hydrogen-bond acceptors (Lipinski definition) is 4. The minimum absolute atomic E-state index is 0.480. The van der Waals surface area contributed by atoms with Crippen molar-refractivity contribution < 1.29 is 0 Å². The zero-order valence-corrected chi connectivity index (χ0v) is 8.53. The van der Waals surface area contributed by atoms with Crippen LogP contribution in [0.1, 0.15) is 5.56 Å². The van der Waals surface area contributed by atoms with Crippen LogP contribution < -0.4 is 0 Å². The maximum absolute atomic E-state index is 4.94. The zero-order chi connectivity index (χ0) is 9.97. The number of aromatic amines is 1. The van der Waals surface area contributed by atoms with Crippen molar-refractivity contribution in [1.82, 2.24) is 30.0 Å². The second kappa shape index (κ2) is 3.70. The van der Waals surface area contributed by atoms with E-state index in [1.807, 2.05) is 19.4 Å². The first kappa shape index (κ1) is 9.07. The maximum Gasteiger partial charge on any atom is 0.238 e. The zero-order valence-electron chi connectivity index (χ0n) is 7.71. The molecule has 2 rings (SSSR count). The molecule has 0 unspecified atom stereocenters.